The molecule has 1 aliphatic heterocycles. The van der Waals surface area contributed by atoms with Gasteiger partial charge in [0.2, 0.25) is 6.41 Å². The summed E-state index contributed by atoms with van der Waals surface area (Å²) < 4.78 is 0. The van der Waals surface area contributed by atoms with E-state index in [9.17, 15) is 9.59 Å². The topological polar surface area (TPSA) is 78.4 Å². The first-order valence-electron chi connectivity index (χ1n) is 7.82. The van der Waals surface area contributed by atoms with Crippen LogP contribution in [0.4, 0.5) is 11.5 Å². The van der Waals surface area contributed by atoms with E-state index >= 15 is 0 Å². The van der Waals surface area contributed by atoms with Crippen molar-refractivity contribution >= 4 is 23.8 Å². The molecule has 2 heterocycles. The third kappa shape index (κ3) is 3.68. The molecule has 0 spiro atoms. The molecule has 1 fully saturated rings. The van der Waals surface area contributed by atoms with Crippen LogP contribution in [0.15, 0.2) is 36.4 Å². The van der Waals surface area contributed by atoms with E-state index in [1.165, 1.54) is 0 Å². The molecule has 2 aromatic rings. The summed E-state index contributed by atoms with van der Waals surface area (Å²) in [5.41, 5.74) is 2.12. The van der Waals surface area contributed by atoms with Crippen molar-refractivity contribution in [3.8, 4) is 0 Å². The van der Waals surface area contributed by atoms with Gasteiger partial charge < -0.3 is 15.1 Å². The minimum Gasteiger partial charge on any atom is -0.352 e. The van der Waals surface area contributed by atoms with Gasteiger partial charge in [0, 0.05) is 31.9 Å². The van der Waals surface area contributed by atoms with E-state index in [4.69, 9.17) is 0 Å². The minimum atomic E-state index is -0.288. The predicted molar refractivity (Wildman–Crippen MR) is 91.0 cm³/mol. The summed E-state index contributed by atoms with van der Waals surface area (Å²) in [6.45, 7) is 4.75. The van der Waals surface area contributed by atoms with Crippen LogP contribution in [-0.2, 0) is 4.79 Å². The van der Waals surface area contributed by atoms with Gasteiger partial charge in [-0.25, -0.2) is 0 Å². The SMILES string of the molecule is Cc1ccc(NC(=O)c2ccc(N3CCN(C=O)CC3)nn2)cc1. The molecule has 1 saturated heterocycles. The Balaban J connectivity index is 1.62. The van der Waals surface area contributed by atoms with Gasteiger partial charge in [-0.2, -0.15) is 0 Å². The molecule has 0 aliphatic carbocycles. The summed E-state index contributed by atoms with van der Waals surface area (Å²) in [5, 5.41) is 11.0. The van der Waals surface area contributed by atoms with E-state index in [0.29, 0.717) is 32.0 Å². The number of amides is 2. The Morgan fingerprint density at radius 2 is 1.75 bits per heavy atom. The average Bonchev–Trinajstić information content (AvgIpc) is 2.64. The Labute approximate surface area is 140 Å². The van der Waals surface area contributed by atoms with Crippen molar-refractivity contribution in [1.82, 2.24) is 15.1 Å². The highest BCUT2D eigenvalue weighted by Gasteiger charge is 2.17. The number of piperazine rings is 1. The number of hydrogen-bond acceptors (Lipinski definition) is 5. The van der Waals surface area contributed by atoms with Gasteiger partial charge >= 0.3 is 0 Å². The van der Waals surface area contributed by atoms with E-state index in [-0.39, 0.29) is 11.6 Å². The molecule has 1 aromatic heterocycles. The Bertz CT molecular complexity index is 707. The number of nitrogens with one attached hydrogen (secondary N) is 1. The molecule has 0 saturated carbocycles. The molecule has 7 nitrogen and oxygen atoms in total. The zero-order valence-corrected chi connectivity index (χ0v) is 13.5. The van der Waals surface area contributed by atoms with Gasteiger partial charge in [-0.3, -0.25) is 9.59 Å². The second-order valence-electron chi connectivity index (χ2n) is 5.73. The summed E-state index contributed by atoms with van der Waals surface area (Å²) in [6.07, 6.45) is 0.863. The highest BCUT2D eigenvalue weighted by Crippen LogP contribution is 2.14. The summed E-state index contributed by atoms with van der Waals surface area (Å²) in [6, 6.07) is 11.0. The number of aryl methyl sites for hydroxylation is 1. The smallest absolute Gasteiger partial charge is 0.276 e. The van der Waals surface area contributed by atoms with Crippen molar-refractivity contribution in [2.24, 2.45) is 0 Å². The molecule has 1 aliphatic rings. The predicted octanol–water partition coefficient (Wildman–Crippen LogP) is 1.32. The molecule has 0 radical (unpaired) electrons. The van der Waals surface area contributed by atoms with Crippen molar-refractivity contribution in [1.29, 1.82) is 0 Å². The molecule has 24 heavy (non-hydrogen) atoms. The summed E-state index contributed by atoms with van der Waals surface area (Å²) in [4.78, 5) is 26.7. The standard InChI is InChI=1S/C17H19N5O2/c1-13-2-4-14(5-3-13)18-17(24)15-6-7-16(20-19-15)22-10-8-21(12-23)9-11-22/h2-7,12H,8-11H2,1H3,(H,18,24). The largest absolute Gasteiger partial charge is 0.352 e. The Morgan fingerprint density at radius 3 is 2.33 bits per heavy atom. The highest BCUT2D eigenvalue weighted by atomic mass is 16.2. The van der Waals surface area contributed by atoms with Crippen molar-refractivity contribution in [3.05, 3.63) is 47.7 Å². The first kappa shape index (κ1) is 15.9. The van der Waals surface area contributed by atoms with Crippen molar-refractivity contribution in [2.75, 3.05) is 36.4 Å². The van der Waals surface area contributed by atoms with Gasteiger partial charge in [-0.05, 0) is 31.2 Å². The van der Waals surface area contributed by atoms with Crippen LogP contribution in [0.2, 0.25) is 0 Å². The van der Waals surface area contributed by atoms with E-state index < -0.39 is 0 Å². The molecule has 1 N–H and O–H groups in total. The van der Waals surface area contributed by atoms with E-state index in [2.05, 4.69) is 20.4 Å². The Kier molecular flexibility index (Phi) is 4.69. The first-order chi connectivity index (χ1) is 11.7. The molecule has 2 amide bonds. The number of carbonyl (C=O) groups is 2. The summed E-state index contributed by atoms with van der Waals surface area (Å²) in [7, 11) is 0. The zero-order chi connectivity index (χ0) is 16.9. The fraction of sp³-hybridized carbons (Fsp3) is 0.294. The second kappa shape index (κ2) is 7.08. The van der Waals surface area contributed by atoms with Crippen LogP contribution >= 0.6 is 0 Å². The number of anilines is 2. The molecule has 0 bridgehead atoms. The molecule has 7 heteroatoms. The lowest BCUT2D eigenvalue weighted by Gasteiger charge is -2.32. The molecular formula is C17H19N5O2. The van der Waals surface area contributed by atoms with E-state index in [0.717, 1.165) is 17.7 Å². The molecular weight excluding hydrogens is 306 g/mol. The van der Waals surface area contributed by atoms with Gasteiger partial charge in [-0.1, -0.05) is 17.7 Å². The van der Waals surface area contributed by atoms with Crippen molar-refractivity contribution < 1.29 is 9.59 Å². The van der Waals surface area contributed by atoms with Crippen LogP contribution in [0.3, 0.4) is 0 Å². The van der Waals surface area contributed by atoms with Gasteiger partial charge in [0.05, 0.1) is 0 Å². The second-order valence-corrected chi connectivity index (χ2v) is 5.73. The molecule has 1 aromatic carbocycles. The van der Waals surface area contributed by atoms with E-state index in [1.54, 1.807) is 17.0 Å². The minimum absolute atomic E-state index is 0.269. The van der Waals surface area contributed by atoms with Crippen LogP contribution in [0.5, 0.6) is 0 Å². The number of nitrogens with zero attached hydrogens (tertiary/aromatic N) is 4. The number of benzene rings is 1. The Hall–Kier alpha value is -2.96. The average molecular weight is 325 g/mol. The van der Waals surface area contributed by atoms with Gasteiger partial charge in [0.15, 0.2) is 11.5 Å². The molecule has 0 atom stereocenters. The molecule has 124 valence electrons. The fourth-order valence-electron chi connectivity index (χ4n) is 2.50. The lowest BCUT2D eigenvalue weighted by atomic mass is 10.2. The maximum atomic E-state index is 12.2. The lowest BCUT2D eigenvalue weighted by Crippen LogP contribution is -2.46. The highest BCUT2D eigenvalue weighted by molar-refractivity contribution is 6.02. The number of aromatic nitrogens is 2. The zero-order valence-electron chi connectivity index (χ0n) is 13.5. The van der Waals surface area contributed by atoms with Gasteiger partial charge in [0.1, 0.15) is 0 Å². The fourth-order valence-corrected chi connectivity index (χ4v) is 2.50. The molecule has 3 rings (SSSR count). The van der Waals surface area contributed by atoms with Crippen LogP contribution in [0.1, 0.15) is 16.1 Å². The molecule has 0 unspecified atom stereocenters. The third-order valence-corrected chi connectivity index (χ3v) is 3.98. The number of rotatable bonds is 4. The van der Waals surface area contributed by atoms with E-state index in [1.807, 2.05) is 31.2 Å². The maximum Gasteiger partial charge on any atom is 0.276 e. The Morgan fingerprint density at radius 1 is 1.04 bits per heavy atom. The lowest BCUT2D eigenvalue weighted by molar-refractivity contribution is -0.118. The quantitative estimate of drug-likeness (QED) is 0.858. The summed E-state index contributed by atoms with van der Waals surface area (Å²) in [5.74, 6) is 0.427. The maximum absolute atomic E-state index is 12.2. The number of carbonyl (C=O) groups excluding carboxylic acids is 2. The summed E-state index contributed by atoms with van der Waals surface area (Å²) >= 11 is 0. The van der Waals surface area contributed by atoms with Crippen LogP contribution in [-0.4, -0.2) is 53.6 Å². The van der Waals surface area contributed by atoms with Crippen LogP contribution in [0, 0.1) is 6.92 Å². The van der Waals surface area contributed by atoms with Crippen molar-refractivity contribution in [2.45, 2.75) is 6.92 Å². The van der Waals surface area contributed by atoms with Crippen LogP contribution < -0.4 is 10.2 Å². The van der Waals surface area contributed by atoms with Gasteiger partial charge in [-0.15, -0.1) is 10.2 Å². The van der Waals surface area contributed by atoms with Crippen LogP contribution in [0.25, 0.3) is 0 Å². The van der Waals surface area contributed by atoms with Crippen molar-refractivity contribution in [3.63, 3.8) is 0 Å². The number of hydrogen-bond donors (Lipinski definition) is 1. The monoisotopic (exact) mass is 325 g/mol. The third-order valence-electron chi connectivity index (χ3n) is 3.98. The first-order valence-corrected chi connectivity index (χ1v) is 7.82. The van der Waals surface area contributed by atoms with Gasteiger partial charge in [0.25, 0.3) is 5.91 Å². The normalized spacial score (nSPS) is 14.4.